The van der Waals surface area contributed by atoms with Crippen molar-refractivity contribution in [1.29, 1.82) is 0 Å². The fourth-order valence-corrected chi connectivity index (χ4v) is 0. The molecule has 0 aromatic heterocycles. The molecule has 37 valence electrons. The van der Waals surface area contributed by atoms with Gasteiger partial charge < -0.3 is 9.79 Å². The number of halogens is 1. The van der Waals surface area contributed by atoms with Crippen LogP contribution in [0.1, 0.15) is 0 Å². The van der Waals surface area contributed by atoms with Gasteiger partial charge in [0.1, 0.15) is 0 Å². The third-order valence-electron chi connectivity index (χ3n) is 0. The summed E-state index contributed by atoms with van der Waals surface area (Å²) in [4.78, 5) is 14.8. The SMILES string of the molecule is O=P(O)(O)Cl.[N]. The maximum absolute atomic E-state index is 9.09. The first kappa shape index (κ1) is 9.64. The molecule has 4 nitrogen and oxygen atoms in total. The number of hydrogen-bond acceptors (Lipinski definition) is 1. The lowest BCUT2D eigenvalue weighted by molar-refractivity contribution is 0.395. The highest BCUT2D eigenvalue weighted by atomic mass is 35.7. The number of hydrogen-bond donors (Lipinski definition) is 2. The molecular weight excluding hydrogens is 128 g/mol. The molecule has 6 heavy (non-hydrogen) atoms. The van der Waals surface area contributed by atoms with Crippen molar-refractivity contribution in [3.05, 3.63) is 0 Å². The lowest BCUT2D eigenvalue weighted by Gasteiger charge is -1.80. The Bertz CT molecular complexity index is 56.9. The van der Waals surface area contributed by atoms with Crippen molar-refractivity contribution >= 4 is 18.2 Å². The maximum Gasteiger partial charge on any atom is 0.419 e. The van der Waals surface area contributed by atoms with E-state index in [4.69, 9.17) is 14.4 Å². The lowest BCUT2D eigenvalue weighted by atomic mass is 14.0. The Kier molecular flexibility index (Phi) is 4.10. The normalized spacial score (nSPS) is 9.83. The van der Waals surface area contributed by atoms with E-state index >= 15 is 0 Å². The molecule has 0 rings (SSSR count). The van der Waals surface area contributed by atoms with Crippen molar-refractivity contribution in [2.45, 2.75) is 0 Å². The molecule has 0 aromatic carbocycles. The number of rotatable bonds is 0. The molecule has 0 saturated heterocycles. The highest BCUT2D eigenvalue weighted by Gasteiger charge is 2.01. The molecule has 0 unspecified atom stereocenters. The zero-order valence-corrected chi connectivity index (χ0v) is 4.23. The molecule has 0 saturated carbocycles. The summed E-state index contributed by atoms with van der Waals surface area (Å²) in [6.07, 6.45) is 0. The molecule has 3 radical (unpaired) electrons. The first-order valence-corrected chi connectivity index (χ1v) is 3.27. The Balaban J connectivity index is 0. The van der Waals surface area contributed by atoms with Crippen molar-refractivity contribution in [3.63, 3.8) is 0 Å². The molecule has 0 heterocycles. The minimum absolute atomic E-state index is 0. The fraction of sp³-hybridized carbons (Fsp3) is 0. The van der Waals surface area contributed by atoms with Gasteiger partial charge in [0.2, 0.25) is 0 Å². The van der Waals surface area contributed by atoms with Crippen LogP contribution in [-0.2, 0) is 4.57 Å². The van der Waals surface area contributed by atoms with Crippen LogP contribution in [0.4, 0.5) is 0 Å². The van der Waals surface area contributed by atoms with Crippen molar-refractivity contribution in [2.75, 3.05) is 0 Å². The van der Waals surface area contributed by atoms with Crippen LogP contribution in [0.5, 0.6) is 0 Å². The Morgan fingerprint density at radius 3 is 1.50 bits per heavy atom. The molecule has 0 aliphatic carbocycles. The quantitative estimate of drug-likeness (QED) is 0.447. The summed E-state index contributed by atoms with van der Waals surface area (Å²) >= 11 is 4.20. The Labute approximate surface area is 39.7 Å². The standard InChI is InChI=1S/ClH2O3P.N/c1-5(2,3)4;/h(H2,2,3,4);. The molecule has 0 fully saturated rings. The van der Waals surface area contributed by atoms with Crippen LogP contribution < -0.4 is 6.15 Å². The molecular formula is H2ClNO3P. The summed E-state index contributed by atoms with van der Waals surface area (Å²) in [5.41, 5.74) is 0. The van der Waals surface area contributed by atoms with E-state index in [-0.39, 0.29) is 6.15 Å². The van der Waals surface area contributed by atoms with E-state index in [9.17, 15) is 0 Å². The van der Waals surface area contributed by atoms with Gasteiger partial charge in [-0.3, -0.25) is 0 Å². The second kappa shape index (κ2) is 2.55. The molecule has 0 aliphatic heterocycles. The predicted molar refractivity (Wildman–Crippen MR) is 20.0 cm³/mol. The van der Waals surface area contributed by atoms with Crippen LogP contribution in [0.2, 0.25) is 0 Å². The van der Waals surface area contributed by atoms with Gasteiger partial charge in [0.15, 0.2) is 0 Å². The second-order valence-corrected chi connectivity index (χ2v) is 2.74. The minimum Gasteiger partial charge on any atom is -0.313 e. The molecule has 0 atom stereocenters. The van der Waals surface area contributed by atoms with E-state index in [1.54, 1.807) is 0 Å². The van der Waals surface area contributed by atoms with E-state index < -0.39 is 6.95 Å². The molecule has 6 heteroatoms. The van der Waals surface area contributed by atoms with E-state index in [2.05, 4.69) is 11.2 Å². The topological polar surface area (TPSA) is 88.0 Å². The highest BCUT2D eigenvalue weighted by Crippen LogP contribution is 2.39. The van der Waals surface area contributed by atoms with Crippen LogP contribution in [0, 0.1) is 0 Å². The van der Waals surface area contributed by atoms with Gasteiger partial charge in [-0.2, -0.15) is 0 Å². The van der Waals surface area contributed by atoms with E-state index in [1.165, 1.54) is 0 Å². The van der Waals surface area contributed by atoms with Gasteiger partial charge >= 0.3 is 6.95 Å². The van der Waals surface area contributed by atoms with Crippen LogP contribution >= 0.6 is 18.2 Å². The zero-order chi connectivity index (χ0) is 4.50. The van der Waals surface area contributed by atoms with Gasteiger partial charge in [-0.25, -0.2) is 4.57 Å². The zero-order valence-electron chi connectivity index (χ0n) is 2.58. The molecule has 0 bridgehead atoms. The van der Waals surface area contributed by atoms with E-state index in [0.29, 0.717) is 0 Å². The smallest absolute Gasteiger partial charge is 0.313 e. The average molecular weight is 130 g/mol. The summed E-state index contributed by atoms with van der Waals surface area (Å²) in [6.45, 7) is -4.17. The van der Waals surface area contributed by atoms with Gasteiger partial charge in [0.05, 0.1) is 0 Å². The monoisotopic (exact) mass is 130 g/mol. The summed E-state index contributed by atoms with van der Waals surface area (Å²) in [6, 6.07) is 0. The largest absolute Gasteiger partial charge is 0.419 e. The summed E-state index contributed by atoms with van der Waals surface area (Å²) in [7, 11) is 0. The molecule has 2 N–H and O–H groups in total. The van der Waals surface area contributed by atoms with E-state index in [1.807, 2.05) is 0 Å². The highest BCUT2D eigenvalue weighted by molar-refractivity contribution is 7.79. The van der Waals surface area contributed by atoms with Gasteiger partial charge in [-0.1, -0.05) is 0 Å². The molecule has 0 aliphatic rings. The second-order valence-electron chi connectivity index (χ2n) is 0.473. The van der Waals surface area contributed by atoms with Crippen LogP contribution in [-0.4, -0.2) is 9.79 Å². The number of nitrogens with zero attached hydrogens (tertiary/aromatic N) is 1. The van der Waals surface area contributed by atoms with Crippen molar-refractivity contribution < 1.29 is 14.4 Å². The Morgan fingerprint density at radius 1 is 1.50 bits per heavy atom. The van der Waals surface area contributed by atoms with Crippen molar-refractivity contribution in [1.82, 2.24) is 6.15 Å². The summed E-state index contributed by atoms with van der Waals surface area (Å²) in [5, 5.41) is 0. The summed E-state index contributed by atoms with van der Waals surface area (Å²) < 4.78 is 9.09. The average Bonchev–Trinajstić information content (AvgIpc) is 0.722. The van der Waals surface area contributed by atoms with Gasteiger partial charge in [0, 0.05) is 17.4 Å². The predicted octanol–water partition coefficient (Wildman–Crippen LogP) is -0.163. The van der Waals surface area contributed by atoms with Crippen molar-refractivity contribution in [2.24, 2.45) is 0 Å². The summed E-state index contributed by atoms with van der Waals surface area (Å²) in [5.74, 6) is 0. The van der Waals surface area contributed by atoms with Crippen LogP contribution in [0.15, 0.2) is 0 Å². The van der Waals surface area contributed by atoms with Gasteiger partial charge in [-0.05, 0) is 0 Å². The fourth-order valence-electron chi connectivity index (χ4n) is 0. The van der Waals surface area contributed by atoms with Gasteiger partial charge in [0.25, 0.3) is 0 Å². The first-order valence-electron chi connectivity index (χ1n) is 0.752. The molecule has 0 amide bonds. The van der Waals surface area contributed by atoms with Gasteiger partial charge in [-0.15, -0.1) is 0 Å². The third kappa shape index (κ3) is 318. The molecule has 0 aromatic rings. The Morgan fingerprint density at radius 2 is 1.50 bits per heavy atom. The lowest BCUT2D eigenvalue weighted by Crippen LogP contribution is -1.54. The third-order valence-corrected chi connectivity index (χ3v) is 0. The Hall–Kier alpha value is 0.400. The maximum atomic E-state index is 9.09. The minimum atomic E-state index is -4.17. The van der Waals surface area contributed by atoms with E-state index in [0.717, 1.165) is 0 Å². The molecule has 0 spiro atoms. The first-order chi connectivity index (χ1) is 2.00. The van der Waals surface area contributed by atoms with Crippen LogP contribution in [0.3, 0.4) is 0 Å². The van der Waals surface area contributed by atoms with Crippen LogP contribution in [0.25, 0.3) is 0 Å². The van der Waals surface area contributed by atoms with Crippen molar-refractivity contribution in [3.8, 4) is 0 Å².